The number of carboxylic acid groups (broad SMARTS) is 1. The van der Waals surface area contributed by atoms with Crippen molar-refractivity contribution in [3.63, 3.8) is 0 Å². The maximum Gasteiger partial charge on any atom is 2.00 e. The quantitative estimate of drug-likeness (QED) is 0.342. The number of carboxylic acids is 1. The van der Waals surface area contributed by atoms with Crippen LogP contribution in [0.15, 0.2) is 0 Å². The largest absolute Gasteiger partial charge is 2.00 e. The van der Waals surface area contributed by atoms with Gasteiger partial charge in [0.05, 0.1) is 7.32 Å². The first-order valence-electron chi connectivity index (χ1n) is 1.66. The number of carbonyl (C=O) groups is 1. The SMILES string of the molecule is CC(=O)O.[Mg+2].[O-]B([O-])O. The van der Waals surface area contributed by atoms with Crippen LogP contribution in [0.25, 0.3) is 0 Å². The molecule has 0 radical (unpaired) electrons. The Kier molecular flexibility index (Phi) is 19.7. The smallest absolute Gasteiger partial charge is 0.871 e. The second-order valence-electron chi connectivity index (χ2n) is 0.826. The molecule has 0 heterocycles. The number of aliphatic carboxylic acids is 1. The molecular weight excluding hydrogens is 139 g/mol. The average molecular weight is 144 g/mol. The summed E-state index contributed by atoms with van der Waals surface area (Å²) in [5, 5.41) is 31.4. The summed E-state index contributed by atoms with van der Waals surface area (Å²) in [5.41, 5.74) is 0. The summed E-state index contributed by atoms with van der Waals surface area (Å²) in [4.78, 5) is 9.00. The Labute approximate surface area is 68.6 Å². The standard InChI is InChI=1S/C2H4O2.BHO3.Mg/c1-2(3)4;2-1(3)4;/h1H3,(H,3,4);2H;/q;-2;+2. The van der Waals surface area contributed by atoms with Gasteiger partial charge in [-0.05, 0) is 0 Å². The van der Waals surface area contributed by atoms with Crippen molar-refractivity contribution in [2.45, 2.75) is 6.92 Å². The van der Waals surface area contributed by atoms with Crippen LogP contribution in [0, 0.1) is 0 Å². The second kappa shape index (κ2) is 11.0. The minimum absolute atomic E-state index is 0. The predicted octanol–water partition coefficient (Wildman–Crippen LogP) is -3.61. The van der Waals surface area contributed by atoms with Crippen LogP contribution >= 0.6 is 0 Å². The van der Waals surface area contributed by atoms with Gasteiger partial charge in [-0.2, -0.15) is 0 Å². The van der Waals surface area contributed by atoms with Gasteiger partial charge in [-0.3, -0.25) is 4.79 Å². The van der Waals surface area contributed by atoms with Crippen LogP contribution in [0.1, 0.15) is 6.92 Å². The van der Waals surface area contributed by atoms with Crippen LogP contribution in [-0.2, 0) is 4.79 Å². The average Bonchev–Trinajstić information content (AvgIpc) is 1.25. The van der Waals surface area contributed by atoms with E-state index in [1.807, 2.05) is 0 Å². The van der Waals surface area contributed by atoms with Crippen molar-refractivity contribution in [3.05, 3.63) is 0 Å². The topological polar surface area (TPSA) is 104 Å². The minimum Gasteiger partial charge on any atom is -0.871 e. The van der Waals surface area contributed by atoms with E-state index in [1.165, 1.54) is 0 Å². The van der Waals surface area contributed by atoms with E-state index in [1.54, 1.807) is 0 Å². The Morgan fingerprint density at radius 2 is 1.56 bits per heavy atom. The van der Waals surface area contributed by atoms with Gasteiger partial charge in [0.15, 0.2) is 0 Å². The molecule has 5 nitrogen and oxygen atoms in total. The van der Waals surface area contributed by atoms with Gasteiger partial charge in [0.25, 0.3) is 5.97 Å². The van der Waals surface area contributed by atoms with E-state index >= 15 is 0 Å². The van der Waals surface area contributed by atoms with Crippen LogP contribution < -0.4 is 10.0 Å². The molecule has 0 spiro atoms. The van der Waals surface area contributed by atoms with Crippen molar-refractivity contribution < 1.29 is 25.0 Å². The molecule has 0 saturated carbocycles. The Morgan fingerprint density at radius 1 is 1.56 bits per heavy atom. The fraction of sp³-hybridized carbons (Fsp3) is 0.500. The zero-order valence-electron chi connectivity index (χ0n) is 4.90. The summed E-state index contributed by atoms with van der Waals surface area (Å²) in [6.07, 6.45) is 0. The van der Waals surface area contributed by atoms with Crippen molar-refractivity contribution in [3.8, 4) is 0 Å². The van der Waals surface area contributed by atoms with E-state index in [0.29, 0.717) is 0 Å². The summed E-state index contributed by atoms with van der Waals surface area (Å²) in [7, 11) is -2.67. The molecule has 0 unspecified atom stereocenters. The molecule has 0 amide bonds. The molecule has 0 saturated heterocycles. The molecule has 9 heavy (non-hydrogen) atoms. The predicted molar refractivity (Wildman–Crippen MR) is 27.0 cm³/mol. The molecule has 7 heteroatoms. The molecule has 0 aliphatic carbocycles. The summed E-state index contributed by atoms with van der Waals surface area (Å²) in [6.45, 7) is 1.08. The van der Waals surface area contributed by atoms with Crippen molar-refractivity contribution in [1.29, 1.82) is 0 Å². The van der Waals surface area contributed by atoms with Crippen LogP contribution in [-0.4, -0.2) is 46.5 Å². The Morgan fingerprint density at radius 3 is 1.56 bits per heavy atom. The fourth-order valence-electron chi connectivity index (χ4n) is 0. The first-order valence-corrected chi connectivity index (χ1v) is 1.66. The van der Waals surface area contributed by atoms with Gasteiger partial charge in [-0.1, -0.05) is 0 Å². The first-order chi connectivity index (χ1) is 3.46. The third-order valence-corrected chi connectivity index (χ3v) is 0. The van der Waals surface area contributed by atoms with Gasteiger partial charge in [0.1, 0.15) is 0 Å². The van der Waals surface area contributed by atoms with E-state index < -0.39 is 13.3 Å². The summed E-state index contributed by atoms with van der Waals surface area (Å²) in [6, 6.07) is 0. The number of rotatable bonds is 0. The Bertz CT molecular complexity index is 59.2. The molecule has 48 valence electrons. The van der Waals surface area contributed by atoms with Crippen molar-refractivity contribution in [2.75, 3.05) is 0 Å². The molecule has 0 fully saturated rings. The molecule has 0 aliphatic rings. The van der Waals surface area contributed by atoms with Crippen molar-refractivity contribution >= 4 is 36.3 Å². The van der Waals surface area contributed by atoms with Gasteiger partial charge in [0, 0.05) is 6.92 Å². The maximum absolute atomic E-state index is 9.00. The normalized spacial score (nSPS) is 5.78. The fourth-order valence-corrected chi connectivity index (χ4v) is 0. The van der Waals surface area contributed by atoms with Gasteiger partial charge in [0.2, 0.25) is 0 Å². The van der Waals surface area contributed by atoms with Gasteiger partial charge in [-0.15, -0.1) is 0 Å². The van der Waals surface area contributed by atoms with Crippen LogP contribution in [0.3, 0.4) is 0 Å². The van der Waals surface area contributed by atoms with Gasteiger partial charge in [-0.25, -0.2) is 0 Å². The zero-order chi connectivity index (χ0) is 7.15. The summed E-state index contributed by atoms with van der Waals surface area (Å²) >= 11 is 0. The first kappa shape index (κ1) is 16.1. The van der Waals surface area contributed by atoms with Crippen LogP contribution in [0.2, 0.25) is 0 Å². The molecule has 0 bridgehead atoms. The van der Waals surface area contributed by atoms with E-state index in [0.717, 1.165) is 6.92 Å². The Balaban J connectivity index is -0.0000000720. The van der Waals surface area contributed by atoms with Gasteiger partial charge >= 0.3 is 23.1 Å². The van der Waals surface area contributed by atoms with Crippen LogP contribution in [0.5, 0.6) is 0 Å². The summed E-state index contributed by atoms with van der Waals surface area (Å²) in [5.74, 6) is -0.833. The van der Waals surface area contributed by atoms with E-state index in [2.05, 4.69) is 0 Å². The summed E-state index contributed by atoms with van der Waals surface area (Å²) < 4.78 is 0. The number of hydrogen-bond donors (Lipinski definition) is 2. The molecule has 2 N–H and O–H groups in total. The molecule has 0 rings (SSSR count). The molecular formula is C2H5BMgO5. The number of hydrogen-bond acceptors (Lipinski definition) is 4. The van der Waals surface area contributed by atoms with E-state index in [9.17, 15) is 0 Å². The minimum atomic E-state index is -2.67. The van der Waals surface area contributed by atoms with Gasteiger partial charge < -0.3 is 20.2 Å². The van der Waals surface area contributed by atoms with E-state index in [-0.39, 0.29) is 23.1 Å². The third-order valence-electron chi connectivity index (χ3n) is 0. The molecule has 0 aromatic heterocycles. The molecule has 0 atom stereocenters. The molecule has 0 aliphatic heterocycles. The Hall–Kier alpha value is 0.181. The van der Waals surface area contributed by atoms with Crippen molar-refractivity contribution in [1.82, 2.24) is 0 Å². The molecule has 0 aromatic carbocycles. The molecule has 0 aromatic rings. The zero-order valence-corrected chi connectivity index (χ0v) is 6.32. The van der Waals surface area contributed by atoms with E-state index in [4.69, 9.17) is 25.0 Å². The van der Waals surface area contributed by atoms with Crippen LogP contribution in [0.4, 0.5) is 0 Å². The second-order valence-corrected chi connectivity index (χ2v) is 0.826. The third kappa shape index (κ3) is 9520. The maximum atomic E-state index is 9.00. The monoisotopic (exact) mass is 144 g/mol. The van der Waals surface area contributed by atoms with Crippen molar-refractivity contribution in [2.24, 2.45) is 0 Å².